The normalized spacial score (nSPS) is 13.9. The minimum absolute atomic E-state index is 0.0386. The minimum atomic E-state index is -0.724. The standard InChI is InChI=1S/C17H21N3O/c1-4-17(21,5-2)12(3)20-11-19-15-10-18-14-9-7-6-8-13(14)16(15)20/h6-12,21H,4-5H2,1-3H3/t12-/m1/s1. The Balaban J connectivity index is 2.26. The number of imidazole rings is 1. The van der Waals surface area contributed by atoms with Crippen LogP contribution in [0.5, 0.6) is 0 Å². The highest BCUT2D eigenvalue weighted by molar-refractivity contribution is 6.01. The molecule has 0 aliphatic rings. The van der Waals surface area contributed by atoms with Gasteiger partial charge in [0.05, 0.1) is 35.2 Å². The van der Waals surface area contributed by atoms with Crippen LogP contribution in [0.4, 0.5) is 0 Å². The lowest BCUT2D eigenvalue weighted by Gasteiger charge is -2.33. The predicted molar refractivity (Wildman–Crippen MR) is 85.3 cm³/mol. The van der Waals surface area contributed by atoms with Crippen molar-refractivity contribution in [2.24, 2.45) is 0 Å². The number of aliphatic hydroxyl groups is 1. The molecule has 2 aromatic heterocycles. The Morgan fingerprint density at radius 2 is 1.86 bits per heavy atom. The molecule has 0 saturated heterocycles. The summed E-state index contributed by atoms with van der Waals surface area (Å²) < 4.78 is 2.09. The lowest BCUT2D eigenvalue weighted by molar-refractivity contribution is -0.0119. The Morgan fingerprint density at radius 3 is 2.57 bits per heavy atom. The first-order valence-electron chi connectivity index (χ1n) is 7.53. The van der Waals surface area contributed by atoms with Gasteiger partial charge in [-0.3, -0.25) is 4.98 Å². The van der Waals surface area contributed by atoms with Crippen molar-refractivity contribution in [1.82, 2.24) is 14.5 Å². The number of hydrogen-bond donors (Lipinski definition) is 1. The zero-order chi connectivity index (χ0) is 15.0. The highest BCUT2D eigenvalue weighted by Gasteiger charge is 2.32. The number of rotatable bonds is 4. The number of benzene rings is 1. The largest absolute Gasteiger partial charge is 0.388 e. The van der Waals surface area contributed by atoms with Gasteiger partial charge in [-0.15, -0.1) is 0 Å². The summed E-state index contributed by atoms with van der Waals surface area (Å²) in [6, 6.07) is 8.02. The highest BCUT2D eigenvalue weighted by atomic mass is 16.3. The number of fused-ring (bicyclic) bond motifs is 3. The van der Waals surface area contributed by atoms with Crippen LogP contribution < -0.4 is 0 Å². The van der Waals surface area contributed by atoms with E-state index in [4.69, 9.17) is 0 Å². The van der Waals surface area contributed by atoms with E-state index in [0.29, 0.717) is 12.8 Å². The maximum atomic E-state index is 10.8. The van der Waals surface area contributed by atoms with Gasteiger partial charge in [0.25, 0.3) is 0 Å². The molecule has 4 nitrogen and oxygen atoms in total. The van der Waals surface area contributed by atoms with E-state index in [2.05, 4.69) is 27.5 Å². The third kappa shape index (κ3) is 2.10. The Bertz CT molecular complexity index is 774. The van der Waals surface area contributed by atoms with Crippen molar-refractivity contribution in [3.63, 3.8) is 0 Å². The summed E-state index contributed by atoms with van der Waals surface area (Å²) in [7, 11) is 0. The molecule has 21 heavy (non-hydrogen) atoms. The molecule has 0 fully saturated rings. The minimum Gasteiger partial charge on any atom is -0.388 e. The second-order valence-corrected chi connectivity index (χ2v) is 5.65. The Labute approximate surface area is 124 Å². The van der Waals surface area contributed by atoms with Crippen molar-refractivity contribution in [3.05, 3.63) is 36.8 Å². The molecule has 3 aromatic rings. The van der Waals surface area contributed by atoms with Crippen LogP contribution in [-0.4, -0.2) is 25.2 Å². The number of para-hydroxylation sites is 1. The van der Waals surface area contributed by atoms with Crippen LogP contribution in [0.25, 0.3) is 21.9 Å². The zero-order valence-electron chi connectivity index (χ0n) is 12.7. The van der Waals surface area contributed by atoms with Gasteiger partial charge in [-0.1, -0.05) is 32.0 Å². The SMILES string of the molecule is CCC(O)(CC)[C@@H](C)n1cnc2cnc3ccccc3c21. The lowest BCUT2D eigenvalue weighted by atomic mass is 9.89. The average molecular weight is 283 g/mol. The number of aromatic nitrogens is 3. The summed E-state index contributed by atoms with van der Waals surface area (Å²) in [6.45, 7) is 6.11. The lowest BCUT2D eigenvalue weighted by Crippen LogP contribution is -2.36. The summed E-state index contributed by atoms with van der Waals surface area (Å²) in [6.07, 6.45) is 5.05. The molecule has 4 heteroatoms. The van der Waals surface area contributed by atoms with Gasteiger partial charge in [0.15, 0.2) is 0 Å². The summed E-state index contributed by atoms with van der Waals surface area (Å²) >= 11 is 0. The molecule has 2 heterocycles. The average Bonchev–Trinajstić information content (AvgIpc) is 2.97. The second-order valence-electron chi connectivity index (χ2n) is 5.65. The highest BCUT2D eigenvalue weighted by Crippen LogP contribution is 2.33. The first-order valence-corrected chi connectivity index (χ1v) is 7.53. The van der Waals surface area contributed by atoms with E-state index < -0.39 is 5.60 Å². The molecule has 0 amide bonds. The third-order valence-corrected chi connectivity index (χ3v) is 4.73. The summed E-state index contributed by atoms with van der Waals surface area (Å²) in [5.74, 6) is 0. The molecule has 0 aliphatic carbocycles. The molecule has 0 radical (unpaired) electrons. The molecule has 0 spiro atoms. The number of pyridine rings is 1. The fourth-order valence-corrected chi connectivity index (χ4v) is 3.06. The molecular formula is C17H21N3O. The number of nitrogens with zero attached hydrogens (tertiary/aromatic N) is 3. The molecule has 1 N–H and O–H groups in total. The molecule has 0 unspecified atom stereocenters. The molecule has 110 valence electrons. The van der Waals surface area contributed by atoms with E-state index in [1.165, 1.54) is 0 Å². The van der Waals surface area contributed by atoms with Crippen molar-refractivity contribution in [2.45, 2.75) is 45.3 Å². The third-order valence-electron chi connectivity index (χ3n) is 4.73. The van der Waals surface area contributed by atoms with E-state index >= 15 is 0 Å². The van der Waals surface area contributed by atoms with Crippen LogP contribution in [0.15, 0.2) is 36.8 Å². The van der Waals surface area contributed by atoms with E-state index in [1.807, 2.05) is 38.4 Å². The molecule has 3 rings (SSSR count). The van der Waals surface area contributed by atoms with Crippen LogP contribution in [0.1, 0.15) is 39.7 Å². The van der Waals surface area contributed by atoms with Crippen molar-refractivity contribution in [2.75, 3.05) is 0 Å². The van der Waals surface area contributed by atoms with Gasteiger partial charge in [0.1, 0.15) is 5.52 Å². The van der Waals surface area contributed by atoms with E-state index in [1.54, 1.807) is 6.20 Å². The Hall–Kier alpha value is -1.94. The fraction of sp³-hybridized carbons (Fsp3) is 0.412. The summed E-state index contributed by atoms with van der Waals surface area (Å²) in [5.41, 5.74) is 2.15. The zero-order valence-corrected chi connectivity index (χ0v) is 12.7. The molecule has 0 aliphatic heterocycles. The van der Waals surface area contributed by atoms with Crippen LogP contribution in [0, 0.1) is 0 Å². The van der Waals surface area contributed by atoms with Gasteiger partial charge >= 0.3 is 0 Å². The fourth-order valence-electron chi connectivity index (χ4n) is 3.06. The van der Waals surface area contributed by atoms with Crippen molar-refractivity contribution >= 4 is 21.9 Å². The van der Waals surface area contributed by atoms with Crippen molar-refractivity contribution < 1.29 is 5.11 Å². The van der Waals surface area contributed by atoms with E-state index in [0.717, 1.165) is 21.9 Å². The molecule has 0 saturated carbocycles. The van der Waals surface area contributed by atoms with E-state index in [-0.39, 0.29) is 6.04 Å². The van der Waals surface area contributed by atoms with Crippen molar-refractivity contribution in [3.8, 4) is 0 Å². The maximum absolute atomic E-state index is 10.8. The molecule has 1 aromatic carbocycles. The topological polar surface area (TPSA) is 50.9 Å². The monoisotopic (exact) mass is 283 g/mol. The quantitative estimate of drug-likeness (QED) is 0.794. The second kappa shape index (κ2) is 5.11. The van der Waals surface area contributed by atoms with Gasteiger partial charge in [0.2, 0.25) is 0 Å². The Morgan fingerprint density at radius 1 is 1.14 bits per heavy atom. The smallest absolute Gasteiger partial charge is 0.107 e. The van der Waals surface area contributed by atoms with Crippen LogP contribution >= 0.6 is 0 Å². The first-order chi connectivity index (χ1) is 10.1. The summed E-state index contributed by atoms with van der Waals surface area (Å²) in [4.78, 5) is 8.91. The van der Waals surface area contributed by atoms with Crippen LogP contribution in [0.3, 0.4) is 0 Å². The summed E-state index contributed by atoms with van der Waals surface area (Å²) in [5, 5.41) is 11.9. The first kappa shape index (κ1) is 14.0. The van der Waals surface area contributed by atoms with Gasteiger partial charge in [-0.25, -0.2) is 4.98 Å². The van der Waals surface area contributed by atoms with Gasteiger partial charge in [0, 0.05) is 5.39 Å². The molecule has 1 atom stereocenters. The van der Waals surface area contributed by atoms with Crippen molar-refractivity contribution in [1.29, 1.82) is 0 Å². The molecule has 0 bridgehead atoms. The van der Waals surface area contributed by atoms with Crippen LogP contribution in [-0.2, 0) is 0 Å². The van der Waals surface area contributed by atoms with E-state index in [9.17, 15) is 5.11 Å². The van der Waals surface area contributed by atoms with Gasteiger partial charge < -0.3 is 9.67 Å². The number of hydrogen-bond acceptors (Lipinski definition) is 3. The maximum Gasteiger partial charge on any atom is 0.107 e. The van der Waals surface area contributed by atoms with Gasteiger partial charge in [-0.2, -0.15) is 0 Å². The molecular weight excluding hydrogens is 262 g/mol. The van der Waals surface area contributed by atoms with Gasteiger partial charge in [-0.05, 0) is 25.8 Å². The Kier molecular flexibility index (Phi) is 3.41. The predicted octanol–water partition coefficient (Wildman–Crippen LogP) is 3.70. The van der Waals surface area contributed by atoms with Crippen LogP contribution in [0.2, 0.25) is 0 Å².